The summed E-state index contributed by atoms with van der Waals surface area (Å²) in [6, 6.07) is 18.3. The summed E-state index contributed by atoms with van der Waals surface area (Å²) in [5.41, 5.74) is 1.16. The van der Waals surface area contributed by atoms with Gasteiger partial charge in [-0.05, 0) is 60.5 Å². The molecule has 4 rings (SSSR count). The first-order valence-electron chi connectivity index (χ1n) is 9.92. The van der Waals surface area contributed by atoms with E-state index in [0.717, 1.165) is 21.8 Å². The second kappa shape index (κ2) is 10.1. The molecule has 9 heteroatoms. The van der Waals surface area contributed by atoms with Crippen LogP contribution < -0.4 is 10.2 Å². The summed E-state index contributed by atoms with van der Waals surface area (Å²) in [6.07, 6.45) is 1.82. The molecule has 1 saturated heterocycles. The number of carbonyl (C=O) groups excluding carboxylic acids is 2. The Morgan fingerprint density at radius 2 is 1.91 bits per heavy atom. The normalized spacial score (nSPS) is 17.1. The number of halogens is 2. The molecule has 0 unspecified atom stereocenters. The van der Waals surface area contributed by atoms with E-state index in [1.54, 1.807) is 48.5 Å². The van der Waals surface area contributed by atoms with Crippen LogP contribution in [0.1, 0.15) is 11.3 Å². The first kappa shape index (κ1) is 22.8. The fourth-order valence-corrected chi connectivity index (χ4v) is 4.89. The number of rotatable bonds is 6. The van der Waals surface area contributed by atoms with Crippen LogP contribution in [0.3, 0.4) is 0 Å². The fourth-order valence-electron chi connectivity index (χ4n) is 3.32. The van der Waals surface area contributed by atoms with Gasteiger partial charge in [0.15, 0.2) is 0 Å². The molecule has 1 aliphatic rings. The van der Waals surface area contributed by atoms with Crippen molar-refractivity contribution >= 4 is 45.2 Å². The molecule has 1 N–H and O–H groups in total. The average Bonchev–Trinajstić information content (AvgIpc) is 3.44. The molecule has 0 saturated carbocycles. The molecular weight excluding hydrogens is 509 g/mol. The van der Waals surface area contributed by atoms with Crippen LogP contribution in [0, 0.1) is 17.1 Å². The van der Waals surface area contributed by atoms with Gasteiger partial charge in [0.1, 0.15) is 28.2 Å². The number of anilines is 1. The van der Waals surface area contributed by atoms with Gasteiger partial charge in [-0.15, -0.1) is 0 Å². The van der Waals surface area contributed by atoms with Crippen LogP contribution >= 0.6 is 27.7 Å². The number of amides is 2. The van der Waals surface area contributed by atoms with Crippen LogP contribution in [-0.2, 0) is 22.6 Å². The van der Waals surface area contributed by atoms with Crippen LogP contribution in [0.25, 0.3) is 0 Å². The molecule has 0 radical (unpaired) electrons. The molecule has 2 amide bonds. The summed E-state index contributed by atoms with van der Waals surface area (Å²) in [6.45, 7) is 0.111. The van der Waals surface area contributed by atoms with Crippen molar-refractivity contribution in [2.75, 3.05) is 4.90 Å². The highest BCUT2D eigenvalue weighted by atomic mass is 79.9. The van der Waals surface area contributed by atoms with Crippen molar-refractivity contribution in [3.63, 3.8) is 0 Å². The lowest BCUT2D eigenvalue weighted by Gasteiger charge is -2.18. The first-order valence-corrected chi connectivity index (χ1v) is 11.6. The molecule has 1 aromatic heterocycles. The third-order valence-corrected chi connectivity index (χ3v) is 6.72. The van der Waals surface area contributed by atoms with E-state index in [-0.39, 0.29) is 28.9 Å². The maximum atomic E-state index is 13.4. The predicted octanol–water partition coefficient (Wildman–Crippen LogP) is 4.92. The van der Waals surface area contributed by atoms with Gasteiger partial charge < -0.3 is 9.73 Å². The topological polar surface area (TPSA) is 86.3 Å². The van der Waals surface area contributed by atoms with E-state index in [2.05, 4.69) is 21.2 Å². The molecule has 1 fully saturated rings. The van der Waals surface area contributed by atoms with E-state index in [1.807, 2.05) is 6.07 Å². The summed E-state index contributed by atoms with van der Waals surface area (Å²) in [7, 11) is 0. The number of furan rings is 1. The highest BCUT2D eigenvalue weighted by molar-refractivity contribution is 9.10. The van der Waals surface area contributed by atoms with Crippen LogP contribution in [0.2, 0.25) is 0 Å². The Morgan fingerprint density at radius 3 is 2.55 bits per heavy atom. The molecule has 0 bridgehead atoms. The molecule has 33 heavy (non-hydrogen) atoms. The Hall–Kier alpha value is -3.35. The smallest absolute Gasteiger partial charge is 0.265 e. The van der Waals surface area contributed by atoms with E-state index in [4.69, 9.17) is 4.42 Å². The zero-order valence-electron chi connectivity index (χ0n) is 17.1. The van der Waals surface area contributed by atoms with E-state index in [1.165, 1.54) is 23.3 Å². The largest absolute Gasteiger partial charge is 0.467 e. The average molecular weight is 526 g/mol. The van der Waals surface area contributed by atoms with Crippen LogP contribution in [0.4, 0.5) is 10.1 Å². The Morgan fingerprint density at radius 1 is 1.18 bits per heavy atom. The summed E-state index contributed by atoms with van der Waals surface area (Å²) < 4.78 is 19.3. The molecule has 3 aromatic rings. The van der Waals surface area contributed by atoms with Crippen molar-refractivity contribution in [3.8, 4) is 6.07 Å². The Bertz CT molecular complexity index is 1240. The second-order valence-electron chi connectivity index (χ2n) is 7.14. The van der Waals surface area contributed by atoms with Crippen LogP contribution in [0.15, 0.2) is 86.4 Å². The number of carbonyl (C=O) groups is 2. The first-order chi connectivity index (χ1) is 16.0. The molecule has 2 heterocycles. The third-order valence-electron chi connectivity index (χ3n) is 4.93. The number of nitriles is 1. The summed E-state index contributed by atoms with van der Waals surface area (Å²) in [5.74, 6) is -0.678. The molecular formula is C24H17BrFN3O3S. The van der Waals surface area contributed by atoms with E-state index in [0.29, 0.717) is 17.9 Å². The molecule has 0 spiro atoms. The molecule has 0 aliphatic carbocycles. The molecule has 1 atom stereocenters. The second-order valence-corrected chi connectivity index (χ2v) is 9.25. The van der Waals surface area contributed by atoms with Gasteiger partial charge in [-0.2, -0.15) is 5.26 Å². The van der Waals surface area contributed by atoms with Gasteiger partial charge in [-0.25, -0.2) is 4.39 Å². The molecule has 1 aliphatic heterocycles. The Kier molecular flexibility index (Phi) is 6.96. The van der Waals surface area contributed by atoms with Crippen molar-refractivity contribution < 1.29 is 18.4 Å². The minimum Gasteiger partial charge on any atom is -0.467 e. The Balaban J connectivity index is 1.67. The van der Waals surface area contributed by atoms with Crippen molar-refractivity contribution in [2.45, 2.75) is 18.2 Å². The van der Waals surface area contributed by atoms with Crippen molar-refractivity contribution in [2.24, 2.45) is 0 Å². The maximum Gasteiger partial charge on any atom is 0.265 e. The Labute approximate surface area is 202 Å². The SMILES string of the molecule is N#C/C(C(=O)NCc1ccco1)=C1/S[C@@H](Cc2ccc(F)cc2)C(=O)N1c1ccc(Br)cc1. The van der Waals surface area contributed by atoms with Gasteiger partial charge in [0.25, 0.3) is 5.91 Å². The summed E-state index contributed by atoms with van der Waals surface area (Å²) in [5, 5.41) is 12.2. The van der Waals surface area contributed by atoms with Gasteiger partial charge in [0.2, 0.25) is 5.91 Å². The molecule has 166 valence electrons. The highest BCUT2D eigenvalue weighted by Gasteiger charge is 2.40. The van der Waals surface area contributed by atoms with Crippen LogP contribution in [0.5, 0.6) is 0 Å². The quantitative estimate of drug-likeness (QED) is 0.364. The highest BCUT2D eigenvalue weighted by Crippen LogP contribution is 2.42. The van der Waals surface area contributed by atoms with E-state index < -0.39 is 11.2 Å². The van der Waals surface area contributed by atoms with Crippen molar-refractivity contribution in [3.05, 3.63) is 99.1 Å². The lowest BCUT2D eigenvalue weighted by Crippen LogP contribution is -2.32. The van der Waals surface area contributed by atoms with Gasteiger partial charge in [0, 0.05) is 10.2 Å². The number of benzene rings is 2. The van der Waals surface area contributed by atoms with Gasteiger partial charge in [-0.1, -0.05) is 39.8 Å². The number of hydrogen-bond acceptors (Lipinski definition) is 5. The minimum absolute atomic E-state index is 0.111. The minimum atomic E-state index is -0.603. The van der Waals surface area contributed by atoms with Crippen molar-refractivity contribution in [1.29, 1.82) is 5.26 Å². The standard InChI is InChI=1S/C24H17BrFN3O3S/c25-16-5-9-18(10-6-16)29-23(31)21(12-15-3-7-17(26)8-4-15)33-24(29)20(13-27)22(30)28-14-19-2-1-11-32-19/h1-11,21H,12,14H2,(H,28,30)/b24-20-/t21-/m0/s1. The third kappa shape index (κ3) is 5.18. The zero-order valence-corrected chi connectivity index (χ0v) is 19.5. The van der Waals surface area contributed by atoms with Gasteiger partial charge in [0.05, 0.1) is 18.1 Å². The zero-order chi connectivity index (χ0) is 23.4. The summed E-state index contributed by atoms with van der Waals surface area (Å²) in [4.78, 5) is 27.7. The van der Waals surface area contributed by atoms with Gasteiger partial charge in [-0.3, -0.25) is 14.5 Å². The molecule has 6 nitrogen and oxygen atoms in total. The number of hydrogen-bond donors (Lipinski definition) is 1. The monoisotopic (exact) mass is 525 g/mol. The number of thioether (sulfide) groups is 1. The van der Waals surface area contributed by atoms with E-state index in [9.17, 15) is 19.2 Å². The maximum absolute atomic E-state index is 13.4. The lowest BCUT2D eigenvalue weighted by atomic mass is 10.1. The summed E-state index contributed by atoms with van der Waals surface area (Å²) >= 11 is 4.53. The molecule has 2 aromatic carbocycles. The van der Waals surface area contributed by atoms with Crippen molar-refractivity contribution in [1.82, 2.24) is 5.32 Å². The number of nitrogens with one attached hydrogen (secondary N) is 1. The van der Waals surface area contributed by atoms with Crippen LogP contribution in [-0.4, -0.2) is 17.1 Å². The predicted molar refractivity (Wildman–Crippen MR) is 126 cm³/mol. The van der Waals surface area contributed by atoms with E-state index >= 15 is 0 Å². The lowest BCUT2D eigenvalue weighted by molar-refractivity contribution is -0.117. The fraction of sp³-hybridized carbons (Fsp3) is 0.125. The van der Waals surface area contributed by atoms with Gasteiger partial charge >= 0.3 is 0 Å². The number of nitrogens with zero attached hydrogens (tertiary/aromatic N) is 2.